The molecule has 176 valence electrons. The van der Waals surface area contributed by atoms with Gasteiger partial charge >= 0.3 is 5.97 Å². The number of nitrogens with one attached hydrogen (secondary N) is 1. The van der Waals surface area contributed by atoms with E-state index < -0.39 is 23.0 Å². The summed E-state index contributed by atoms with van der Waals surface area (Å²) in [6.07, 6.45) is 0.680. The second kappa shape index (κ2) is 9.29. The normalized spacial score (nSPS) is 25.5. The van der Waals surface area contributed by atoms with Crippen molar-refractivity contribution < 1.29 is 9.53 Å². The highest BCUT2D eigenvalue weighted by molar-refractivity contribution is 6.30. The van der Waals surface area contributed by atoms with E-state index in [-0.39, 0.29) is 17.4 Å². The van der Waals surface area contributed by atoms with Crippen LogP contribution in [0.2, 0.25) is 10.0 Å². The number of halogens is 2. The van der Waals surface area contributed by atoms with Gasteiger partial charge in [-0.05, 0) is 68.0 Å². The highest BCUT2D eigenvalue weighted by Gasteiger charge is 2.60. The average molecular weight is 487 g/mol. The lowest BCUT2D eigenvalue weighted by molar-refractivity contribution is -0.157. The van der Waals surface area contributed by atoms with E-state index in [1.54, 1.807) is 18.2 Å². The quantitative estimate of drug-likeness (QED) is 0.490. The van der Waals surface area contributed by atoms with Crippen LogP contribution in [0, 0.1) is 16.7 Å². The molecule has 1 fully saturated rings. The minimum absolute atomic E-state index is 0.0894. The first-order chi connectivity index (χ1) is 15.3. The van der Waals surface area contributed by atoms with Crippen LogP contribution in [0.4, 0.5) is 0 Å². The first-order valence-corrected chi connectivity index (χ1v) is 11.9. The Balaban J connectivity index is 2.27. The van der Waals surface area contributed by atoms with Crippen LogP contribution in [0.3, 0.4) is 0 Å². The smallest absolute Gasteiger partial charge is 0.324 e. The fourth-order valence-corrected chi connectivity index (χ4v) is 5.12. The van der Waals surface area contributed by atoms with Crippen molar-refractivity contribution in [3.05, 3.63) is 69.7 Å². The van der Waals surface area contributed by atoms with Gasteiger partial charge in [0.05, 0.1) is 6.07 Å². The fourth-order valence-electron chi connectivity index (χ4n) is 4.80. The third kappa shape index (κ3) is 5.54. The molecule has 1 aliphatic rings. The van der Waals surface area contributed by atoms with Crippen molar-refractivity contribution in [1.82, 2.24) is 5.32 Å². The van der Waals surface area contributed by atoms with Crippen molar-refractivity contribution >= 4 is 29.2 Å². The molecular weight excluding hydrogens is 455 g/mol. The first-order valence-electron chi connectivity index (χ1n) is 11.2. The Bertz CT molecular complexity index is 1050. The third-order valence-electron chi connectivity index (χ3n) is 5.95. The number of hydrogen-bond acceptors (Lipinski definition) is 4. The predicted octanol–water partition coefficient (Wildman–Crippen LogP) is 6.66. The number of esters is 1. The molecule has 1 aliphatic heterocycles. The maximum atomic E-state index is 13.5. The Morgan fingerprint density at radius 1 is 1.06 bits per heavy atom. The third-order valence-corrected chi connectivity index (χ3v) is 6.43. The van der Waals surface area contributed by atoms with Crippen LogP contribution >= 0.6 is 23.2 Å². The van der Waals surface area contributed by atoms with Crippen LogP contribution in [0.15, 0.2) is 48.5 Å². The standard InChI is InChI=1S/C27H32Cl2N2O2/c1-25(2,3)15-21-27(16-30,18-10-12-19(28)13-11-18)22(17-8-7-9-20(29)14-17)23(31-21)24(32)33-26(4,5)6/h7-14,21-23,31H,15H2,1-6H3/t21-,22+,23+,27-/m0/s1. The molecule has 2 aromatic carbocycles. The summed E-state index contributed by atoms with van der Waals surface area (Å²) in [5.41, 5.74) is -0.154. The molecule has 0 aromatic heterocycles. The molecule has 0 spiro atoms. The predicted molar refractivity (Wildman–Crippen MR) is 134 cm³/mol. The van der Waals surface area contributed by atoms with Crippen LogP contribution in [0.25, 0.3) is 0 Å². The number of nitriles is 1. The summed E-state index contributed by atoms with van der Waals surface area (Å²) in [7, 11) is 0. The maximum absolute atomic E-state index is 13.5. The summed E-state index contributed by atoms with van der Waals surface area (Å²) < 4.78 is 5.81. The fraction of sp³-hybridized carbons (Fsp3) is 0.481. The van der Waals surface area contributed by atoms with E-state index in [0.717, 1.165) is 11.1 Å². The zero-order chi connectivity index (χ0) is 24.6. The second-order valence-electron chi connectivity index (χ2n) is 11.0. The van der Waals surface area contributed by atoms with Gasteiger partial charge in [-0.15, -0.1) is 0 Å². The number of benzene rings is 2. The van der Waals surface area contributed by atoms with Crippen LogP contribution in [-0.2, 0) is 14.9 Å². The number of rotatable bonds is 4. The molecule has 0 bridgehead atoms. The lowest BCUT2D eigenvalue weighted by atomic mass is 9.63. The molecule has 1 N–H and O–H groups in total. The molecule has 2 aromatic rings. The minimum Gasteiger partial charge on any atom is -0.459 e. The van der Waals surface area contributed by atoms with E-state index in [1.807, 2.05) is 51.1 Å². The van der Waals surface area contributed by atoms with Crippen molar-refractivity contribution in [3.63, 3.8) is 0 Å². The van der Waals surface area contributed by atoms with Gasteiger partial charge in [0.25, 0.3) is 0 Å². The van der Waals surface area contributed by atoms with Crippen LogP contribution < -0.4 is 5.32 Å². The van der Waals surface area contributed by atoms with Gasteiger partial charge in [-0.25, -0.2) is 0 Å². The highest BCUT2D eigenvalue weighted by atomic mass is 35.5. The monoisotopic (exact) mass is 486 g/mol. The Morgan fingerprint density at radius 3 is 2.21 bits per heavy atom. The molecule has 3 rings (SSSR count). The number of ether oxygens (including phenoxy) is 1. The average Bonchev–Trinajstić information content (AvgIpc) is 3.00. The van der Waals surface area contributed by atoms with Crippen molar-refractivity contribution in [2.75, 3.05) is 0 Å². The second-order valence-corrected chi connectivity index (χ2v) is 11.9. The largest absolute Gasteiger partial charge is 0.459 e. The van der Waals surface area contributed by atoms with Crippen LogP contribution in [0.5, 0.6) is 0 Å². The lowest BCUT2D eigenvalue weighted by Crippen LogP contribution is -2.44. The number of nitrogens with zero attached hydrogens (tertiary/aromatic N) is 1. The van der Waals surface area contributed by atoms with Crippen LogP contribution in [-0.4, -0.2) is 23.7 Å². The molecule has 1 saturated heterocycles. The summed E-state index contributed by atoms with van der Waals surface area (Å²) in [6, 6.07) is 16.4. The molecule has 4 atom stereocenters. The molecule has 4 nitrogen and oxygen atoms in total. The summed E-state index contributed by atoms with van der Waals surface area (Å²) in [6.45, 7) is 11.9. The molecule has 6 heteroatoms. The Labute approximate surface area is 207 Å². The molecule has 33 heavy (non-hydrogen) atoms. The Morgan fingerprint density at radius 2 is 1.70 bits per heavy atom. The van der Waals surface area contributed by atoms with E-state index in [9.17, 15) is 10.1 Å². The first kappa shape index (κ1) is 25.6. The molecule has 0 unspecified atom stereocenters. The molecule has 0 aliphatic carbocycles. The van der Waals surface area contributed by atoms with E-state index >= 15 is 0 Å². The molecule has 0 amide bonds. The van der Waals surface area contributed by atoms with Gasteiger partial charge in [0, 0.05) is 22.0 Å². The summed E-state index contributed by atoms with van der Waals surface area (Å²) >= 11 is 12.6. The van der Waals surface area contributed by atoms with Gasteiger partial charge in [-0.1, -0.05) is 68.2 Å². The zero-order valence-electron chi connectivity index (χ0n) is 20.1. The van der Waals surface area contributed by atoms with E-state index in [1.165, 1.54) is 0 Å². The van der Waals surface area contributed by atoms with E-state index in [4.69, 9.17) is 27.9 Å². The van der Waals surface area contributed by atoms with Crippen molar-refractivity contribution in [2.24, 2.45) is 5.41 Å². The number of carbonyl (C=O) groups excluding carboxylic acids is 1. The van der Waals surface area contributed by atoms with Crippen LogP contribution in [0.1, 0.15) is 65.0 Å². The lowest BCUT2D eigenvalue weighted by Gasteiger charge is -2.37. The Hall–Kier alpha value is -2.06. The van der Waals surface area contributed by atoms with Crippen molar-refractivity contribution in [3.8, 4) is 6.07 Å². The van der Waals surface area contributed by atoms with E-state index in [0.29, 0.717) is 16.5 Å². The Kier molecular flexibility index (Phi) is 7.20. The number of carbonyl (C=O) groups is 1. The van der Waals surface area contributed by atoms with E-state index in [2.05, 4.69) is 32.2 Å². The zero-order valence-corrected chi connectivity index (χ0v) is 21.6. The SMILES string of the molecule is CC(C)(C)C[C@@H]1N[C@@H](C(=O)OC(C)(C)C)[C@@H](c2cccc(Cl)c2)[C@@]1(C#N)c1ccc(Cl)cc1. The van der Waals surface area contributed by atoms with Crippen molar-refractivity contribution in [1.29, 1.82) is 5.26 Å². The van der Waals surface area contributed by atoms with Gasteiger partial charge < -0.3 is 4.74 Å². The van der Waals surface area contributed by atoms with Gasteiger partial charge in [-0.3, -0.25) is 10.1 Å². The van der Waals surface area contributed by atoms with Gasteiger partial charge in [0.1, 0.15) is 17.1 Å². The van der Waals surface area contributed by atoms with Gasteiger partial charge in [0.15, 0.2) is 0 Å². The molecule has 0 saturated carbocycles. The maximum Gasteiger partial charge on any atom is 0.324 e. The molecule has 0 radical (unpaired) electrons. The molecular formula is C27H32Cl2N2O2. The van der Waals surface area contributed by atoms with Gasteiger partial charge in [0.2, 0.25) is 0 Å². The number of hydrogen-bond donors (Lipinski definition) is 1. The topological polar surface area (TPSA) is 62.1 Å². The summed E-state index contributed by atoms with van der Waals surface area (Å²) in [5, 5.41) is 15.5. The highest BCUT2D eigenvalue weighted by Crippen LogP contribution is 2.51. The summed E-state index contributed by atoms with van der Waals surface area (Å²) in [5.74, 6) is -0.887. The summed E-state index contributed by atoms with van der Waals surface area (Å²) in [4.78, 5) is 13.5. The minimum atomic E-state index is -1.04. The van der Waals surface area contributed by atoms with Crippen molar-refractivity contribution in [2.45, 2.75) is 77.0 Å². The van der Waals surface area contributed by atoms with Gasteiger partial charge in [-0.2, -0.15) is 5.26 Å². The molecule has 1 heterocycles.